The molecular weight excluding hydrogens is 320 g/mol. The van der Waals surface area contributed by atoms with Crippen molar-refractivity contribution >= 4 is 11.5 Å². The Labute approximate surface area is 158 Å². The van der Waals surface area contributed by atoms with Gasteiger partial charge in [0.25, 0.3) is 0 Å². The lowest BCUT2D eigenvalue weighted by Gasteiger charge is -2.33. The van der Waals surface area contributed by atoms with Crippen molar-refractivity contribution in [2.45, 2.75) is 65.7 Å². The van der Waals surface area contributed by atoms with Gasteiger partial charge in [-0.2, -0.15) is 0 Å². The average molecular weight is 353 g/mol. The van der Waals surface area contributed by atoms with Crippen molar-refractivity contribution in [3.8, 4) is 0 Å². The van der Waals surface area contributed by atoms with Crippen molar-refractivity contribution < 1.29 is 9.90 Å². The predicted octanol–water partition coefficient (Wildman–Crippen LogP) is 6.70. The molecule has 0 aliphatic heterocycles. The van der Waals surface area contributed by atoms with Gasteiger partial charge in [0.1, 0.15) is 0 Å². The number of fused-ring (bicyclic) bond motifs is 1. The third-order valence-electron chi connectivity index (χ3n) is 5.49. The normalized spacial score (nSPS) is 21.3. The van der Waals surface area contributed by atoms with Gasteiger partial charge < -0.3 is 5.11 Å². The summed E-state index contributed by atoms with van der Waals surface area (Å²) in [6.45, 7) is 11.0. The summed E-state index contributed by atoms with van der Waals surface area (Å²) in [6, 6.07) is 6.98. The Morgan fingerprint density at radius 1 is 1.27 bits per heavy atom. The fraction of sp³-hybridized carbons (Fsp3) is 0.458. The number of carbonyl (C=O) groups is 1. The maximum absolute atomic E-state index is 10.7. The highest BCUT2D eigenvalue weighted by Crippen LogP contribution is 2.43. The topological polar surface area (TPSA) is 37.3 Å². The largest absolute Gasteiger partial charge is 0.478 e. The molecule has 1 N–H and O–H groups in total. The lowest BCUT2D eigenvalue weighted by atomic mass is 9.72. The van der Waals surface area contributed by atoms with Crippen LogP contribution in [0.4, 0.5) is 0 Å². The van der Waals surface area contributed by atoms with E-state index in [1.807, 2.05) is 12.2 Å². The fourth-order valence-electron chi connectivity index (χ4n) is 3.95. The van der Waals surface area contributed by atoms with Gasteiger partial charge in [-0.3, -0.25) is 0 Å². The number of carboxylic acids is 1. The first-order valence-corrected chi connectivity index (χ1v) is 9.76. The third-order valence-corrected chi connectivity index (χ3v) is 5.49. The SMILES string of the molecule is CC/C(=C/C=C/C(C)=C/C(=O)O)c1ccc2c(c1)[C@H](C(C)C)CC[C@H]2C. The van der Waals surface area contributed by atoms with Crippen LogP contribution in [0.3, 0.4) is 0 Å². The summed E-state index contributed by atoms with van der Waals surface area (Å²) in [6.07, 6.45) is 10.6. The molecule has 0 aromatic heterocycles. The Hall–Kier alpha value is -2.09. The fourth-order valence-corrected chi connectivity index (χ4v) is 3.95. The van der Waals surface area contributed by atoms with Crippen LogP contribution in [0, 0.1) is 5.92 Å². The van der Waals surface area contributed by atoms with Gasteiger partial charge in [-0.1, -0.05) is 64.1 Å². The van der Waals surface area contributed by atoms with E-state index in [0.29, 0.717) is 17.8 Å². The summed E-state index contributed by atoms with van der Waals surface area (Å²) in [5.41, 5.74) is 6.36. The highest BCUT2D eigenvalue weighted by Gasteiger charge is 2.27. The summed E-state index contributed by atoms with van der Waals surface area (Å²) in [5, 5.41) is 8.79. The first-order chi connectivity index (χ1) is 12.3. The molecule has 0 saturated carbocycles. The minimum atomic E-state index is -0.907. The van der Waals surface area contributed by atoms with Crippen LogP contribution in [0.1, 0.15) is 82.4 Å². The standard InChI is InChI=1S/C24H32O2/c1-6-19(9-7-8-17(4)14-24(25)26)20-11-13-22-18(5)10-12-21(16(2)3)23(22)15-20/h7-9,11,13-16,18,21H,6,10,12H2,1-5H3,(H,25,26)/b8-7+,17-14+,19-9-/t18-,21+/m1/s1. The lowest BCUT2D eigenvalue weighted by Crippen LogP contribution is -2.17. The van der Waals surface area contributed by atoms with Gasteiger partial charge >= 0.3 is 5.97 Å². The first-order valence-electron chi connectivity index (χ1n) is 9.76. The zero-order chi connectivity index (χ0) is 19.3. The molecule has 1 aromatic carbocycles. The summed E-state index contributed by atoms with van der Waals surface area (Å²) >= 11 is 0. The van der Waals surface area contributed by atoms with Gasteiger partial charge in [-0.25, -0.2) is 4.79 Å². The van der Waals surface area contributed by atoms with Gasteiger partial charge in [0, 0.05) is 6.08 Å². The van der Waals surface area contributed by atoms with E-state index < -0.39 is 5.97 Å². The zero-order valence-electron chi connectivity index (χ0n) is 16.8. The van der Waals surface area contributed by atoms with Gasteiger partial charge in [-0.05, 0) is 71.8 Å². The van der Waals surface area contributed by atoms with Crippen molar-refractivity contribution in [3.63, 3.8) is 0 Å². The Kier molecular flexibility index (Phi) is 7.02. The number of rotatable bonds is 6. The summed E-state index contributed by atoms with van der Waals surface area (Å²) in [4.78, 5) is 10.7. The smallest absolute Gasteiger partial charge is 0.328 e. The molecule has 1 aromatic rings. The van der Waals surface area contributed by atoms with Crippen LogP contribution in [-0.2, 0) is 4.79 Å². The molecule has 0 fully saturated rings. The monoisotopic (exact) mass is 352 g/mol. The molecule has 0 saturated heterocycles. The molecule has 2 rings (SSSR count). The van der Waals surface area contributed by atoms with Crippen molar-refractivity contribution in [2.75, 3.05) is 0 Å². The van der Waals surface area contributed by atoms with E-state index in [0.717, 1.165) is 12.0 Å². The van der Waals surface area contributed by atoms with Gasteiger partial charge in [-0.15, -0.1) is 0 Å². The van der Waals surface area contributed by atoms with Gasteiger partial charge in [0.15, 0.2) is 0 Å². The second-order valence-electron chi connectivity index (χ2n) is 7.80. The maximum Gasteiger partial charge on any atom is 0.328 e. The Bertz CT molecular complexity index is 735. The van der Waals surface area contributed by atoms with E-state index in [2.05, 4.69) is 52.0 Å². The summed E-state index contributed by atoms with van der Waals surface area (Å²) in [5.74, 6) is 1.05. The van der Waals surface area contributed by atoms with Crippen LogP contribution in [0.5, 0.6) is 0 Å². The molecule has 2 atom stereocenters. The minimum absolute atomic E-state index is 0.645. The number of aliphatic carboxylic acids is 1. The summed E-state index contributed by atoms with van der Waals surface area (Å²) in [7, 11) is 0. The van der Waals surface area contributed by atoms with Gasteiger partial charge in [0.05, 0.1) is 0 Å². The molecule has 26 heavy (non-hydrogen) atoms. The molecule has 0 heterocycles. The number of hydrogen-bond donors (Lipinski definition) is 1. The summed E-state index contributed by atoms with van der Waals surface area (Å²) < 4.78 is 0. The number of hydrogen-bond acceptors (Lipinski definition) is 1. The molecular formula is C24H32O2. The second-order valence-corrected chi connectivity index (χ2v) is 7.80. The minimum Gasteiger partial charge on any atom is -0.478 e. The van der Waals surface area contributed by atoms with E-state index in [-0.39, 0.29) is 0 Å². The van der Waals surface area contributed by atoms with Crippen molar-refractivity contribution in [2.24, 2.45) is 5.92 Å². The van der Waals surface area contributed by atoms with E-state index in [1.165, 1.54) is 41.2 Å². The van der Waals surface area contributed by atoms with E-state index in [9.17, 15) is 4.79 Å². The molecule has 140 valence electrons. The quantitative estimate of drug-likeness (QED) is 0.456. The van der Waals surface area contributed by atoms with Crippen molar-refractivity contribution in [3.05, 3.63) is 64.8 Å². The molecule has 0 unspecified atom stereocenters. The zero-order valence-corrected chi connectivity index (χ0v) is 16.8. The molecule has 1 aliphatic rings. The Morgan fingerprint density at radius 3 is 2.62 bits per heavy atom. The van der Waals surface area contributed by atoms with Crippen LogP contribution in [0.15, 0.2) is 48.1 Å². The van der Waals surface area contributed by atoms with Crippen LogP contribution in [0.2, 0.25) is 0 Å². The molecule has 0 spiro atoms. The van der Waals surface area contributed by atoms with Crippen LogP contribution in [-0.4, -0.2) is 11.1 Å². The highest BCUT2D eigenvalue weighted by atomic mass is 16.4. The van der Waals surface area contributed by atoms with Crippen molar-refractivity contribution in [1.82, 2.24) is 0 Å². The van der Waals surface area contributed by atoms with Crippen LogP contribution >= 0.6 is 0 Å². The molecule has 0 bridgehead atoms. The average Bonchev–Trinajstić information content (AvgIpc) is 2.57. The van der Waals surface area contributed by atoms with Gasteiger partial charge in [0.2, 0.25) is 0 Å². The lowest BCUT2D eigenvalue weighted by molar-refractivity contribution is -0.131. The predicted molar refractivity (Wildman–Crippen MR) is 110 cm³/mol. The number of carboxylic acid groups (broad SMARTS) is 1. The molecule has 0 amide bonds. The molecule has 1 aliphatic carbocycles. The maximum atomic E-state index is 10.7. The highest BCUT2D eigenvalue weighted by molar-refractivity contribution is 5.81. The third kappa shape index (κ3) is 4.97. The Balaban J connectivity index is 2.34. The van der Waals surface area contributed by atoms with Crippen LogP contribution in [0.25, 0.3) is 5.57 Å². The molecule has 2 nitrogen and oxygen atoms in total. The van der Waals surface area contributed by atoms with E-state index >= 15 is 0 Å². The molecule has 2 heteroatoms. The molecule has 0 radical (unpaired) electrons. The Morgan fingerprint density at radius 2 is 2.00 bits per heavy atom. The number of allylic oxidation sites excluding steroid dienone is 5. The number of benzene rings is 1. The van der Waals surface area contributed by atoms with E-state index in [4.69, 9.17) is 5.11 Å². The van der Waals surface area contributed by atoms with Crippen molar-refractivity contribution in [1.29, 1.82) is 0 Å². The second kappa shape index (κ2) is 9.02. The van der Waals surface area contributed by atoms with E-state index in [1.54, 1.807) is 6.92 Å². The first kappa shape index (κ1) is 20.2. The van der Waals surface area contributed by atoms with Crippen LogP contribution < -0.4 is 0 Å².